The molecule has 1 atom stereocenters. The third-order valence-electron chi connectivity index (χ3n) is 4.25. The van der Waals surface area contributed by atoms with E-state index in [0.29, 0.717) is 0 Å². The predicted octanol–water partition coefficient (Wildman–Crippen LogP) is 4.26. The van der Waals surface area contributed by atoms with Crippen molar-refractivity contribution in [1.82, 2.24) is 5.32 Å². The van der Waals surface area contributed by atoms with Crippen LogP contribution in [0.5, 0.6) is 5.75 Å². The van der Waals surface area contributed by atoms with E-state index in [1.165, 1.54) is 41.5 Å². The van der Waals surface area contributed by atoms with Gasteiger partial charge in [0.25, 0.3) is 0 Å². The van der Waals surface area contributed by atoms with Crippen LogP contribution >= 0.6 is 15.9 Å². The third kappa shape index (κ3) is 2.85. The monoisotopic (exact) mass is 345 g/mol. The molecule has 0 saturated carbocycles. The average molecular weight is 346 g/mol. The van der Waals surface area contributed by atoms with Crippen molar-refractivity contribution in [1.29, 1.82) is 0 Å². The van der Waals surface area contributed by atoms with E-state index >= 15 is 0 Å². The van der Waals surface area contributed by atoms with Gasteiger partial charge in [0, 0.05) is 10.0 Å². The molecule has 1 aliphatic rings. The predicted molar refractivity (Wildman–Crippen MR) is 90.1 cm³/mol. The van der Waals surface area contributed by atoms with E-state index in [4.69, 9.17) is 4.74 Å². The van der Waals surface area contributed by atoms with Crippen molar-refractivity contribution >= 4 is 15.9 Å². The first-order valence-corrected chi connectivity index (χ1v) is 8.14. The van der Waals surface area contributed by atoms with Crippen molar-refractivity contribution in [2.24, 2.45) is 0 Å². The van der Waals surface area contributed by atoms with Crippen LogP contribution in [0.25, 0.3) is 0 Å². The first kappa shape index (κ1) is 14.6. The standard InChI is InChI=1S/C18H20BrNO/c1-20-18(16-9-8-15(19)11-17(16)21-2)14-7-6-12-4-3-5-13(12)10-14/h6-11,18,20H,3-5H2,1-2H3. The molecule has 0 bridgehead atoms. The molecule has 0 fully saturated rings. The molecule has 0 heterocycles. The topological polar surface area (TPSA) is 21.3 Å². The van der Waals surface area contributed by atoms with E-state index in [1.807, 2.05) is 13.1 Å². The summed E-state index contributed by atoms with van der Waals surface area (Å²) in [6, 6.07) is 13.2. The highest BCUT2D eigenvalue weighted by Crippen LogP contribution is 2.34. The van der Waals surface area contributed by atoms with Gasteiger partial charge in [0.15, 0.2) is 0 Å². The van der Waals surface area contributed by atoms with Crippen LogP contribution in [0.3, 0.4) is 0 Å². The second-order valence-corrected chi connectivity index (χ2v) is 6.41. The maximum absolute atomic E-state index is 5.55. The van der Waals surface area contributed by atoms with Crippen molar-refractivity contribution < 1.29 is 4.74 Å². The lowest BCUT2D eigenvalue weighted by Crippen LogP contribution is -2.18. The zero-order valence-corrected chi connectivity index (χ0v) is 14.0. The molecule has 1 unspecified atom stereocenters. The molecule has 0 radical (unpaired) electrons. The molecule has 0 spiro atoms. The molecule has 2 nitrogen and oxygen atoms in total. The van der Waals surface area contributed by atoms with E-state index in [1.54, 1.807) is 7.11 Å². The number of fused-ring (bicyclic) bond motifs is 1. The zero-order valence-electron chi connectivity index (χ0n) is 12.4. The van der Waals surface area contributed by atoms with E-state index in [2.05, 4.69) is 51.6 Å². The van der Waals surface area contributed by atoms with Crippen LogP contribution in [0.2, 0.25) is 0 Å². The lowest BCUT2D eigenvalue weighted by Gasteiger charge is -2.21. The van der Waals surface area contributed by atoms with Crippen molar-refractivity contribution in [2.75, 3.05) is 14.2 Å². The maximum atomic E-state index is 5.55. The first-order valence-electron chi connectivity index (χ1n) is 7.35. The number of nitrogens with one attached hydrogen (secondary N) is 1. The largest absolute Gasteiger partial charge is 0.496 e. The number of hydrogen-bond acceptors (Lipinski definition) is 2. The summed E-state index contributed by atoms with van der Waals surface area (Å²) >= 11 is 3.50. The highest BCUT2D eigenvalue weighted by molar-refractivity contribution is 9.10. The Morgan fingerprint density at radius 3 is 2.67 bits per heavy atom. The van der Waals surface area contributed by atoms with Crippen LogP contribution in [0, 0.1) is 0 Å². The first-order chi connectivity index (χ1) is 10.2. The highest BCUT2D eigenvalue weighted by Gasteiger charge is 2.19. The van der Waals surface area contributed by atoms with Gasteiger partial charge >= 0.3 is 0 Å². The van der Waals surface area contributed by atoms with Crippen LogP contribution in [-0.4, -0.2) is 14.2 Å². The van der Waals surface area contributed by atoms with E-state index in [9.17, 15) is 0 Å². The molecule has 2 aromatic rings. The summed E-state index contributed by atoms with van der Waals surface area (Å²) in [6.45, 7) is 0. The van der Waals surface area contributed by atoms with Gasteiger partial charge in [-0.1, -0.05) is 40.2 Å². The normalized spacial score (nSPS) is 14.8. The molecule has 0 aliphatic heterocycles. The summed E-state index contributed by atoms with van der Waals surface area (Å²) < 4.78 is 6.59. The Kier molecular flexibility index (Phi) is 4.32. The lowest BCUT2D eigenvalue weighted by molar-refractivity contribution is 0.405. The van der Waals surface area contributed by atoms with Crippen molar-refractivity contribution in [2.45, 2.75) is 25.3 Å². The molecule has 0 aromatic heterocycles. The summed E-state index contributed by atoms with van der Waals surface area (Å²) in [6.07, 6.45) is 3.71. The van der Waals surface area contributed by atoms with Crippen LogP contribution in [-0.2, 0) is 12.8 Å². The van der Waals surface area contributed by atoms with Gasteiger partial charge in [-0.15, -0.1) is 0 Å². The Balaban J connectivity index is 2.02. The van der Waals surface area contributed by atoms with Gasteiger partial charge in [0.05, 0.1) is 13.2 Å². The van der Waals surface area contributed by atoms with E-state index in [-0.39, 0.29) is 6.04 Å². The van der Waals surface area contributed by atoms with Gasteiger partial charge in [-0.05, 0) is 55.1 Å². The molecule has 3 heteroatoms. The molecular formula is C18H20BrNO. The summed E-state index contributed by atoms with van der Waals surface area (Å²) in [7, 11) is 3.72. The zero-order chi connectivity index (χ0) is 14.8. The fraction of sp³-hybridized carbons (Fsp3) is 0.333. The molecule has 3 rings (SSSR count). The number of halogens is 1. The van der Waals surface area contributed by atoms with Crippen LogP contribution in [0.1, 0.15) is 34.7 Å². The van der Waals surface area contributed by atoms with Gasteiger partial charge in [-0.2, -0.15) is 0 Å². The van der Waals surface area contributed by atoms with E-state index in [0.717, 1.165) is 10.2 Å². The Bertz CT molecular complexity index is 654. The smallest absolute Gasteiger partial charge is 0.125 e. The summed E-state index contributed by atoms with van der Waals surface area (Å²) in [5.74, 6) is 0.907. The van der Waals surface area contributed by atoms with Crippen LogP contribution in [0.15, 0.2) is 40.9 Å². The summed E-state index contributed by atoms with van der Waals surface area (Å²) in [5.41, 5.74) is 5.49. The van der Waals surface area contributed by atoms with Gasteiger partial charge in [-0.25, -0.2) is 0 Å². The number of aryl methyl sites for hydroxylation is 2. The molecule has 1 N–H and O–H groups in total. The van der Waals surface area contributed by atoms with Crippen molar-refractivity contribution in [3.05, 3.63) is 63.1 Å². The molecule has 0 saturated heterocycles. The second kappa shape index (κ2) is 6.20. The van der Waals surface area contributed by atoms with Crippen LogP contribution in [0.4, 0.5) is 0 Å². The number of methoxy groups -OCH3 is 1. The minimum atomic E-state index is 0.152. The Morgan fingerprint density at radius 2 is 1.90 bits per heavy atom. The Labute approximate surface area is 134 Å². The summed E-state index contributed by atoms with van der Waals surface area (Å²) in [4.78, 5) is 0. The number of benzene rings is 2. The molecule has 2 aromatic carbocycles. The quantitative estimate of drug-likeness (QED) is 0.893. The Morgan fingerprint density at radius 1 is 1.10 bits per heavy atom. The van der Waals surface area contributed by atoms with Gasteiger partial charge in [0.2, 0.25) is 0 Å². The SMILES string of the molecule is CNC(c1ccc2c(c1)CCC2)c1ccc(Br)cc1OC. The van der Waals surface area contributed by atoms with E-state index < -0.39 is 0 Å². The number of hydrogen-bond donors (Lipinski definition) is 1. The molecule has 1 aliphatic carbocycles. The molecule has 21 heavy (non-hydrogen) atoms. The third-order valence-corrected chi connectivity index (χ3v) is 4.74. The lowest BCUT2D eigenvalue weighted by atomic mass is 9.95. The van der Waals surface area contributed by atoms with Gasteiger partial charge < -0.3 is 10.1 Å². The van der Waals surface area contributed by atoms with Crippen LogP contribution < -0.4 is 10.1 Å². The highest BCUT2D eigenvalue weighted by atomic mass is 79.9. The molecule has 0 amide bonds. The second-order valence-electron chi connectivity index (χ2n) is 5.49. The molecular weight excluding hydrogens is 326 g/mol. The van der Waals surface area contributed by atoms with Crippen molar-refractivity contribution in [3.8, 4) is 5.75 Å². The fourth-order valence-electron chi connectivity index (χ4n) is 3.20. The average Bonchev–Trinajstić information content (AvgIpc) is 2.97. The number of rotatable bonds is 4. The fourth-order valence-corrected chi connectivity index (χ4v) is 3.54. The molecule has 110 valence electrons. The maximum Gasteiger partial charge on any atom is 0.125 e. The van der Waals surface area contributed by atoms with Gasteiger partial charge in [0.1, 0.15) is 5.75 Å². The van der Waals surface area contributed by atoms with Crippen molar-refractivity contribution in [3.63, 3.8) is 0 Å². The summed E-state index contributed by atoms with van der Waals surface area (Å²) in [5, 5.41) is 3.42. The minimum Gasteiger partial charge on any atom is -0.496 e. The minimum absolute atomic E-state index is 0.152. The number of ether oxygens (including phenoxy) is 1. The van der Waals surface area contributed by atoms with Gasteiger partial charge in [-0.3, -0.25) is 0 Å². The Hall–Kier alpha value is -1.32.